The number of rotatable bonds is 2. The van der Waals surface area contributed by atoms with Crippen molar-refractivity contribution in [3.8, 4) is 0 Å². The molecule has 0 radical (unpaired) electrons. The molecule has 0 heterocycles. The van der Waals surface area contributed by atoms with Crippen LogP contribution < -0.4 is 11.1 Å². The van der Waals surface area contributed by atoms with Gasteiger partial charge in [0.2, 0.25) is 5.91 Å². The Morgan fingerprint density at radius 1 is 1.50 bits per heavy atom. The quantitative estimate of drug-likeness (QED) is 0.754. The Balaban J connectivity index is 2.87. The van der Waals surface area contributed by atoms with Gasteiger partial charge in [0, 0.05) is 0 Å². The molecule has 0 bridgehead atoms. The molecule has 0 spiro atoms. The molecule has 3 N–H and O–H groups in total. The first-order valence-corrected chi connectivity index (χ1v) is 4.03. The second-order valence-electron chi connectivity index (χ2n) is 2.88. The highest BCUT2D eigenvalue weighted by Gasteiger charge is 2.12. The highest BCUT2D eigenvalue weighted by molar-refractivity contribution is 5.94. The summed E-state index contributed by atoms with van der Waals surface area (Å²) in [5, 5.41) is 2.17. The van der Waals surface area contributed by atoms with Crippen LogP contribution in [-0.2, 0) is 4.79 Å². The predicted molar refractivity (Wildman–Crippen MR) is 48.6 cm³/mol. The maximum atomic E-state index is 13.0. The van der Waals surface area contributed by atoms with Crippen LogP contribution in [0.1, 0.15) is 6.92 Å². The van der Waals surface area contributed by atoms with Crippen molar-refractivity contribution in [3.05, 3.63) is 29.8 Å². The van der Waals surface area contributed by atoms with Gasteiger partial charge in [0.25, 0.3) is 0 Å². The maximum absolute atomic E-state index is 13.0. The van der Waals surface area contributed by atoms with E-state index in [0.29, 0.717) is 0 Å². The van der Waals surface area contributed by atoms with Crippen LogP contribution in [0.4, 0.5) is 14.5 Å². The Kier molecular flexibility index (Phi) is 3.14. The van der Waals surface area contributed by atoms with Crippen LogP contribution in [0.25, 0.3) is 0 Å². The number of carbonyl (C=O) groups is 1. The lowest BCUT2D eigenvalue weighted by molar-refractivity contribution is -0.117. The number of anilines is 1. The number of hydrogen-bond acceptors (Lipinski definition) is 2. The first-order chi connectivity index (χ1) is 6.52. The smallest absolute Gasteiger partial charge is 0.241 e. The number of nitrogens with one attached hydrogen (secondary N) is 1. The average molecular weight is 200 g/mol. The normalized spacial score (nSPS) is 12.3. The zero-order valence-corrected chi connectivity index (χ0v) is 7.55. The van der Waals surface area contributed by atoms with Crippen molar-refractivity contribution in [2.75, 3.05) is 5.32 Å². The van der Waals surface area contributed by atoms with E-state index < -0.39 is 23.6 Å². The van der Waals surface area contributed by atoms with Gasteiger partial charge in [0.15, 0.2) is 11.6 Å². The van der Waals surface area contributed by atoms with Crippen LogP contribution in [0, 0.1) is 11.6 Å². The minimum absolute atomic E-state index is 0.202. The summed E-state index contributed by atoms with van der Waals surface area (Å²) in [4.78, 5) is 11.1. The molecule has 1 atom stereocenters. The molecule has 3 nitrogen and oxygen atoms in total. The molecule has 0 fully saturated rings. The molecule has 76 valence electrons. The summed E-state index contributed by atoms with van der Waals surface area (Å²) in [6.45, 7) is 1.45. The molecule has 0 aliphatic carbocycles. The van der Waals surface area contributed by atoms with Gasteiger partial charge in [0.05, 0.1) is 11.7 Å². The van der Waals surface area contributed by atoms with Crippen molar-refractivity contribution < 1.29 is 13.6 Å². The summed E-state index contributed by atoms with van der Waals surface area (Å²) in [6.07, 6.45) is 0. The molecule has 0 saturated carbocycles. The molecule has 1 aromatic rings. The molecule has 0 saturated heterocycles. The molecule has 1 unspecified atom stereocenters. The fraction of sp³-hybridized carbons (Fsp3) is 0.222. The van der Waals surface area contributed by atoms with Gasteiger partial charge in [-0.05, 0) is 19.1 Å². The fourth-order valence-electron chi connectivity index (χ4n) is 0.847. The second kappa shape index (κ2) is 4.15. The molecule has 14 heavy (non-hydrogen) atoms. The van der Waals surface area contributed by atoms with E-state index in [0.717, 1.165) is 6.07 Å². The molecular weight excluding hydrogens is 190 g/mol. The van der Waals surface area contributed by atoms with Gasteiger partial charge in [-0.15, -0.1) is 0 Å². The third kappa shape index (κ3) is 2.26. The number of nitrogens with two attached hydrogens (primary N) is 1. The van der Waals surface area contributed by atoms with E-state index in [1.807, 2.05) is 0 Å². The Morgan fingerprint density at radius 2 is 2.14 bits per heavy atom. The number of benzene rings is 1. The molecule has 1 aromatic carbocycles. The van der Waals surface area contributed by atoms with Gasteiger partial charge in [-0.1, -0.05) is 6.07 Å². The SMILES string of the molecule is CC(N)C(=O)Nc1cccc(F)c1F. The van der Waals surface area contributed by atoms with Crippen molar-refractivity contribution in [1.82, 2.24) is 0 Å². The Hall–Kier alpha value is -1.49. The summed E-state index contributed by atoms with van der Waals surface area (Å²) in [6, 6.07) is 2.77. The molecule has 5 heteroatoms. The second-order valence-corrected chi connectivity index (χ2v) is 2.88. The number of halogens is 2. The topological polar surface area (TPSA) is 55.1 Å². The summed E-state index contributed by atoms with van der Waals surface area (Å²) in [5.74, 6) is -2.65. The molecule has 1 amide bonds. The van der Waals surface area contributed by atoms with E-state index in [9.17, 15) is 13.6 Å². The van der Waals surface area contributed by atoms with Crippen LogP contribution in [0.3, 0.4) is 0 Å². The highest BCUT2D eigenvalue weighted by atomic mass is 19.2. The van der Waals surface area contributed by atoms with E-state index in [2.05, 4.69) is 5.32 Å². The number of hydrogen-bond donors (Lipinski definition) is 2. The fourth-order valence-corrected chi connectivity index (χ4v) is 0.847. The predicted octanol–water partition coefficient (Wildman–Crippen LogP) is 1.25. The summed E-state index contributed by atoms with van der Waals surface area (Å²) in [7, 11) is 0. The number of amides is 1. The Labute approximate surface area is 79.9 Å². The van der Waals surface area contributed by atoms with E-state index in [4.69, 9.17) is 5.73 Å². The van der Waals surface area contributed by atoms with Crippen molar-refractivity contribution in [3.63, 3.8) is 0 Å². The monoisotopic (exact) mass is 200 g/mol. The summed E-state index contributed by atoms with van der Waals surface area (Å²) >= 11 is 0. The molecular formula is C9H10F2N2O. The number of carbonyl (C=O) groups excluding carboxylic acids is 1. The molecule has 0 aliphatic heterocycles. The third-order valence-corrected chi connectivity index (χ3v) is 1.62. The van der Waals surface area contributed by atoms with Gasteiger partial charge in [-0.25, -0.2) is 8.78 Å². The highest BCUT2D eigenvalue weighted by Crippen LogP contribution is 2.16. The van der Waals surface area contributed by atoms with Crippen molar-refractivity contribution in [2.24, 2.45) is 5.73 Å². The summed E-state index contributed by atoms with van der Waals surface area (Å²) < 4.78 is 25.7. The standard InChI is InChI=1S/C9H10F2N2O/c1-5(12)9(14)13-7-4-2-3-6(10)8(7)11/h2-5H,12H2,1H3,(H,13,14). The zero-order valence-electron chi connectivity index (χ0n) is 7.55. The van der Waals surface area contributed by atoms with Gasteiger partial charge < -0.3 is 11.1 Å². The van der Waals surface area contributed by atoms with Crippen molar-refractivity contribution in [2.45, 2.75) is 13.0 Å². The van der Waals surface area contributed by atoms with Crippen molar-refractivity contribution >= 4 is 11.6 Å². The van der Waals surface area contributed by atoms with E-state index in [-0.39, 0.29) is 5.69 Å². The van der Waals surface area contributed by atoms with Gasteiger partial charge in [-0.3, -0.25) is 4.79 Å². The minimum Gasteiger partial charge on any atom is -0.322 e. The van der Waals surface area contributed by atoms with Gasteiger partial charge in [0.1, 0.15) is 0 Å². The molecule has 0 aromatic heterocycles. The Bertz CT molecular complexity index is 353. The molecule has 0 aliphatic rings. The van der Waals surface area contributed by atoms with E-state index in [1.54, 1.807) is 0 Å². The first-order valence-electron chi connectivity index (χ1n) is 4.03. The lowest BCUT2D eigenvalue weighted by atomic mass is 10.2. The van der Waals surface area contributed by atoms with Crippen LogP contribution in [0.15, 0.2) is 18.2 Å². The lowest BCUT2D eigenvalue weighted by Gasteiger charge is -2.08. The first kappa shape index (κ1) is 10.6. The zero-order chi connectivity index (χ0) is 10.7. The van der Waals surface area contributed by atoms with E-state index in [1.165, 1.54) is 19.1 Å². The van der Waals surface area contributed by atoms with Crippen LogP contribution >= 0.6 is 0 Å². The van der Waals surface area contributed by atoms with Crippen molar-refractivity contribution in [1.29, 1.82) is 0 Å². The average Bonchev–Trinajstić information content (AvgIpc) is 2.12. The van der Waals surface area contributed by atoms with E-state index >= 15 is 0 Å². The minimum atomic E-state index is -1.08. The van der Waals surface area contributed by atoms with Crippen LogP contribution in [0.5, 0.6) is 0 Å². The Morgan fingerprint density at radius 3 is 2.71 bits per heavy atom. The van der Waals surface area contributed by atoms with Crippen LogP contribution in [-0.4, -0.2) is 11.9 Å². The van der Waals surface area contributed by atoms with Gasteiger partial charge >= 0.3 is 0 Å². The van der Waals surface area contributed by atoms with Crippen LogP contribution in [0.2, 0.25) is 0 Å². The maximum Gasteiger partial charge on any atom is 0.241 e. The third-order valence-electron chi connectivity index (χ3n) is 1.62. The largest absolute Gasteiger partial charge is 0.322 e. The molecule has 1 rings (SSSR count). The summed E-state index contributed by atoms with van der Waals surface area (Å²) in [5.41, 5.74) is 5.04. The van der Waals surface area contributed by atoms with Gasteiger partial charge in [-0.2, -0.15) is 0 Å². The lowest BCUT2D eigenvalue weighted by Crippen LogP contribution is -2.32.